The second-order valence-electron chi connectivity index (χ2n) is 4.80. The minimum Gasteiger partial charge on any atom is -0.493 e. The average molecular weight is 302 g/mol. The summed E-state index contributed by atoms with van der Waals surface area (Å²) in [6.45, 7) is 2.49. The SMILES string of the molecule is COC(=O)c1c(C)[nH]c(-c2ccc3c(c2)CCO3)nc1=S. The van der Waals surface area contributed by atoms with E-state index in [9.17, 15) is 4.79 Å². The summed E-state index contributed by atoms with van der Waals surface area (Å²) < 4.78 is 10.5. The zero-order valence-corrected chi connectivity index (χ0v) is 12.5. The molecule has 0 aliphatic carbocycles. The highest BCUT2D eigenvalue weighted by Crippen LogP contribution is 2.29. The Hall–Kier alpha value is -2.21. The normalized spacial score (nSPS) is 12.7. The summed E-state index contributed by atoms with van der Waals surface area (Å²) in [5, 5.41) is 0. The Morgan fingerprint density at radius 3 is 3.00 bits per heavy atom. The number of esters is 1. The molecule has 21 heavy (non-hydrogen) atoms. The van der Waals surface area contributed by atoms with Crippen molar-refractivity contribution in [2.45, 2.75) is 13.3 Å². The first-order valence-electron chi connectivity index (χ1n) is 6.55. The quantitative estimate of drug-likeness (QED) is 0.682. The predicted octanol–water partition coefficient (Wildman–Crippen LogP) is 2.84. The van der Waals surface area contributed by atoms with Crippen LogP contribution in [0.1, 0.15) is 21.6 Å². The smallest absolute Gasteiger partial charge is 0.342 e. The number of nitrogens with one attached hydrogen (secondary N) is 1. The van der Waals surface area contributed by atoms with Crippen LogP contribution in [0.3, 0.4) is 0 Å². The standard InChI is InChI=1S/C15H14N2O3S/c1-8-12(15(18)19-2)14(21)17-13(16-8)10-3-4-11-9(7-10)5-6-20-11/h3-4,7H,5-6H2,1-2H3,(H,16,17,21). The van der Waals surface area contributed by atoms with Gasteiger partial charge in [0.25, 0.3) is 0 Å². The molecule has 0 saturated heterocycles. The molecule has 1 aromatic heterocycles. The van der Waals surface area contributed by atoms with Gasteiger partial charge in [0.2, 0.25) is 0 Å². The molecule has 0 spiro atoms. The van der Waals surface area contributed by atoms with Crippen molar-refractivity contribution >= 4 is 18.2 Å². The van der Waals surface area contributed by atoms with Gasteiger partial charge in [-0.1, -0.05) is 12.2 Å². The van der Waals surface area contributed by atoms with E-state index >= 15 is 0 Å². The molecule has 0 saturated carbocycles. The van der Waals surface area contributed by atoms with Gasteiger partial charge in [-0.05, 0) is 30.7 Å². The number of carbonyl (C=O) groups is 1. The Kier molecular flexibility index (Phi) is 3.47. The van der Waals surface area contributed by atoms with Crippen molar-refractivity contribution < 1.29 is 14.3 Å². The van der Waals surface area contributed by atoms with Crippen LogP contribution in [0.15, 0.2) is 18.2 Å². The van der Waals surface area contributed by atoms with E-state index in [2.05, 4.69) is 9.97 Å². The number of H-pyrrole nitrogens is 1. The molecular formula is C15H14N2O3S. The van der Waals surface area contributed by atoms with Crippen LogP contribution in [0.4, 0.5) is 0 Å². The van der Waals surface area contributed by atoms with Crippen LogP contribution >= 0.6 is 12.2 Å². The van der Waals surface area contributed by atoms with Crippen molar-refractivity contribution in [3.8, 4) is 17.1 Å². The lowest BCUT2D eigenvalue weighted by Crippen LogP contribution is -2.08. The Bertz CT molecular complexity index is 783. The van der Waals surface area contributed by atoms with Crippen LogP contribution in [0.2, 0.25) is 0 Å². The highest BCUT2D eigenvalue weighted by molar-refractivity contribution is 7.71. The summed E-state index contributed by atoms with van der Waals surface area (Å²) in [5.74, 6) is 1.08. The molecule has 1 N–H and O–H groups in total. The lowest BCUT2D eigenvalue weighted by molar-refractivity contribution is 0.0598. The lowest BCUT2D eigenvalue weighted by atomic mass is 10.1. The maximum absolute atomic E-state index is 11.7. The number of nitrogens with zero attached hydrogens (tertiary/aromatic N) is 1. The van der Waals surface area contributed by atoms with Crippen LogP contribution < -0.4 is 4.74 Å². The first-order chi connectivity index (χ1) is 10.1. The molecule has 0 bridgehead atoms. The molecule has 1 aromatic carbocycles. The van der Waals surface area contributed by atoms with Crippen LogP contribution in [-0.4, -0.2) is 29.7 Å². The van der Waals surface area contributed by atoms with Crippen molar-refractivity contribution in [1.82, 2.24) is 9.97 Å². The van der Waals surface area contributed by atoms with E-state index in [1.807, 2.05) is 18.2 Å². The second-order valence-corrected chi connectivity index (χ2v) is 5.19. The van der Waals surface area contributed by atoms with Gasteiger partial charge < -0.3 is 14.5 Å². The van der Waals surface area contributed by atoms with Gasteiger partial charge in [-0.25, -0.2) is 9.78 Å². The Labute approximate surface area is 126 Å². The largest absolute Gasteiger partial charge is 0.493 e. The van der Waals surface area contributed by atoms with E-state index in [0.717, 1.165) is 23.3 Å². The number of carbonyl (C=O) groups excluding carboxylic acids is 1. The molecule has 2 heterocycles. The number of hydrogen-bond donors (Lipinski definition) is 1. The highest BCUT2D eigenvalue weighted by Gasteiger charge is 2.17. The fourth-order valence-electron chi connectivity index (χ4n) is 2.40. The number of rotatable bonds is 2. The van der Waals surface area contributed by atoms with Gasteiger partial charge in [0.15, 0.2) is 0 Å². The molecule has 1 aliphatic heterocycles. The molecule has 2 aromatic rings. The number of methoxy groups -OCH3 is 1. The molecule has 0 radical (unpaired) electrons. The molecule has 5 nitrogen and oxygen atoms in total. The van der Waals surface area contributed by atoms with Gasteiger partial charge in [-0.2, -0.15) is 0 Å². The average Bonchev–Trinajstić information content (AvgIpc) is 2.93. The summed E-state index contributed by atoms with van der Waals surface area (Å²) in [4.78, 5) is 19.1. The van der Waals surface area contributed by atoms with Gasteiger partial charge in [-0.3, -0.25) is 0 Å². The number of aromatic nitrogens is 2. The maximum Gasteiger partial charge on any atom is 0.342 e. The molecule has 1 aliphatic rings. The van der Waals surface area contributed by atoms with Gasteiger partial charge in [0, 0.05) is 17.7 Å². The van der Waals surface area contributed by atoms with E-state index in [0.29, 0.717) is 23.7 Å². The molecule has 0 unspecified atom stereocenters. The third kappa shape index (κ3) is 2.42. The lowest BCUT2D eigenvalue weighted by Gasteiger charge is -2.08. The maximum atomic E-state index is 11.7. The van der Waals surface area contributed by atoms with Crippen LogP contribution in [-0.2, 0) is 11.2 Å². The van der Waals surface area contributed by atoms with Crippen molar-refractivity contribution in [1.29, 1.82) is 0 Å². The summed E-state index contributed by atoms with van der Waals surface area (Å²) in [6.07, 6.45) is 0.892. The number of aryl methyl sites for hydroxylation is 1. The zero-order chi connectivity index (χ0) is 15.0. The predicted molar refractivity (Wildman–Crippen MR) is 80.1 cm³/mol. The third-order valence-corrected chi connectivity index (χ3v) is 3.76. The van der Waals surface area contributed by atoms with Crippen molar-refractivity contribution in [2.75, 3.05) is 13.7 Å². The number of ether oxygens (including phenoxy) is 2. The number of hydrogen-bond acceptors (Lipinski definition) is 5. The van der Waals surface area contributed by atoms with Crippen LogP contribution in [0, 0.1) is 11.6 Å². The highest BCUT2D eigenvalue weighted by atomic mass is 32.1. The van der Waals surface area contributed by atoms with E-state index in [1.54, 1.807) is 6.92 Å². The van der Waals surface area contributed by atoms with Gasteiger partial charge in [0.05, 0.1) is 13.7 Å². The first-order valence-corrected chi connectivity index (χ1v) is 6.96. The van der Waals surface area contributed by atoms with Crippen molar-refractivity contribution in [3.05, 3.63) is 39.7 Å². The van der Waals surface area contributed by atoms with Gasteiger partial charge >= 0.3 is 5.97 Å². The van der Waals surface area contributed by atoms with E-state index in [4.69, 9.17) is 21.7 Å². The molecule has 6 heteroatoms. The summed E-state index contributed by atoms with van der Waals surface area (Å²) in [5.41, 5.74) is 3.03. The van der Waals surface area contributed by atoms with Crippen molar-refractivity contribution in [2.24, 2.45) is 0 Å². The van der Waals surface area contributed by atoms with E-state index in [-0.39, 0.29) is 4.64 Å². The molecule has 3 rings (SSSR count). The first kappa shape index (κ1) is 13.8. The summed E-state index contributed by atoms with van der Waals surface area (Å²) in [6, 6.07) is 5.89. The van der Waals surface area contributed by atoms with E-state index in [1.165, 1.54) is 7.11 Å². The minimum atomic E-state index is -0.477. The Morgan fingerprint density at radius 2 is 2.29 bits per heavy atom. The van der Waals surface area contributed by atoms with Crippen LogP contribution in [0.25, 0.3) is 11.4 Å². The Morgan fingerprint density at radius 1 is 1.48 bits per heavy atom. The summed E-state index contributed by atoms with van der Waals surface area (Å²) >= 11 is 5.21. The second kappa shape index (κ2) is 5.29. The fraction of sp³-hybridized carbons (Fsp3) is 0.267. The molecule has 108 valence electrons. The molecule has 0 amide bonds. The fourth-order valence-corrected chi connectivity index (χ4v) is 2.73. The van der Waals surface area contributed by atoms with Gasteiger partial charge in [0.1, 0.15) is 21.8 Å². The summed E-state index contributed by atoms with van der Waals surface area (Å²) in [7, 11) is 1.32. The van der Waals surface area contributed by atoms with Crippen LogP contribution in [0.5, 0.6) is 5.75 Å². The van der Waals surface area contributed by atoms with Crippen molar-refractivity contribution in [3.63, 3.8) is 0 Å². The number of fused-ring (bicyclic) bond motifs is 1. The Balaban J connectivity index is 2.08. The topological polar surface area (TPSA) is 64.2 Å². The van der Waals surface area contributed by atoms with Gasteiger partial charge in [-0.15, -0.1) is 0 Å². The molecular weight excluding hydrogens is 288 g/mol. The number of aromatic amines is 1. The third-order valence-electron chi connectivity index (χ3n) is 3.46. The van der Waals surface area contributed by atoms with E-state index < -0.39 is 5.97 Å². The molecule has 0 atom stereocenters. The molecule has 0 fully saturated rings. The minimum absolute atomic E-state index is 0.241. The number of benzene rings is 1. The zero-order valence-electron chi connectivity index (χ0n) is 11.7. The monoisotopic (exact) mass is 302 g/mol.